The van der Waals surface area contributed by atoms with Gasteiger partial charge >= 0.3 is 0 Å². The van der Waals surface area contributed by atoms with Crippen molar-refractivity contribution in [3.05, 3.63) is 52.4 Å². The number of nitroso groups, excluding NO2 is 1. The van der Waals surface area contributed by atoms with E-state index < -0.39 is 24.6 Å². The van der Waals surface area contributed by atoms with Crippen molar-refractivity contribution in [2.24, 2.45) is 5.18 Å². The minimum absolute atomic E-state index is 0.153. The summed E-state index contributed by atoms with van der Waals surface area (Å²) in [6.45, 7) is 3.43. The van der Waals surface area contributed by atoms with Crippen LogP contribution in [0.4, 0.5) is 5.69 Å². The number of aryl methyl sites for hydroxylation is 2. The average molecular weight is 373 g/mol. The smallest absolute Gasteiger partial charge is 0.229 e. The fourth-order valence-corrected chi connectivity index (χ4v) is 3.15. The molecule has 1 aliphatic heterocycles. The zero-order valence-electron chi connectivity index (χ0n) is 15.2. The molecular weight excluding hydrogens is 350 g/mol. The molecule has 0 aliphatic carbocycles. The fraction of sp³-hybridized carbons (Fsp3) is 0.400. The first-order valence-corrected chi connectivity index (χ1v) is 8.77. The first-order valence-electron chi connectivity index (χ1n) is 8.77. The number of nitrogens with zero attached hydrogens (tertiary/aromatic N) is 1. The Balaban J connectivity index is 1.80. The van der Waals surface area contributed by atoms with Gasteiger partial charge in [-0.25, -0.2) is 0 Å². The third-order valence-corrected chi connectivity index (χ3v) is 4.75. The minimum Gasteiger partial charge on any atom is -0.462 e. The van der Waals surface area contributed by atoms with E-state index in [2.05, 4.69) is 5.18 Å². The minimum atomic E-state index is -1.20. The molecule has 4 atom stereocenters. The summed E-state index contributed by atoms with van der Waals surface area (Å²) in [6.07, 6.45) is -3.71. The molecule has 0 saturated carbocycles. The summed E-state index contributed by atoms with van der Waals surface area (Å²) < 4.78 is 11.3. The van der Waals surface area contributed by atoms with Gasteiger partial charge in [-0.2, -0.15) is 0 Å². The van der Waals surface area contributed by atoms with Crippen molar-refractivity contribution in [3.63, 3.8) is 0 Å². The predicted molar refractivity (Wildman–Crippen MR) is 99.8 cm³/mol. The molecule has 2 aromatic carbocycles. The molecule has 1 saturated heterocycles. The van der Waals surface area contributed by atoms with E-state index >= 15 is 0 Å². The quantitative estimate of drug-likeness (QED) is 0.695. The number of benzene rings is 2. The summed E-state index contributed by atoms with van der Waals surface area (Å²) in [5.74, 6) is 0.511. The lowest BCUT2D eigenvalue weighted by Crippen LogP contribution is -2.51. The molecule has 0 radical (unpaired) electrons. The van der Waals surface area contributed by atoms with Crippen molar-refractivity contribution in [1.29, 1.82) is 0 Å². The highest BCUT2D eigenvalue weighted by Gasteiger charge is 2.38. The van der Waals surface area contributed by atoms with Gasteiger partial charge in [0.05, 0.1) is 18.8 Å². The molecule has 144 valence electrons. The average Bonchev–Trinajstić information content (AvgIpc) is 2.66. The van der Waals surface area contributed by atoms with E-state index in [0.717, 1.165) is 22.3 Å². The molecule has 0 spiro atoms. The van der Waals surface area contributed by atoms with Gasteiger partial charge in [-0.3, -0.25) is 0 Å². The molecule has 1 heterocycles. The van der Waals surface area contributed by atoms with Crippen LogP contribution in [0.2, 0.25) is 0 Å². The lowest BCUT2D eigenvalue weighted by molar-refractivity contribution is -0.240. The van der Waals surface area contributed by atoms with Crippen molar-refractivity contribution < 1.29 is 24.8 Å². The Morgan fingerprint density at radius 1 is 1.11 bits per heavy atom. The van der Waals surface area contributed by atoms with Crippen molar-refractivity contribution in [2.75, 3.05) is 6.61 Å². The van der Waals surface area contributed by atoms with Crippen LogP contribution in [0.3, 0.4) is 0 Å². The van der Waals surface area contributed by atoms with E-state index in [-0.39, 0.29) is 13.0 Å². The van der Waals surface area contributed by atoms with E-state index in [1.807, 2.05) is 38.1 Å². The van der Waals surface area contributed by atoms with Gasteiger partial charge in [-0.15, -0.1) is 4.91 Å². The molecule has 7 heteroatoms. The lowest BCUT2D eigenvalue weighted by Gasteiger charge is -2.36. The Morgan fingerprint density at radius 2 is 1.78 bits per heavy atom. The number of rotatable bonds is 5. The fourth-order valence-electron chi connectivity index (χ4n) is 3.15. The second kappa shape index (κ2) is 8.14. The highest BCUT2D eigenvalue weighted by molar-refractivity contribution is 5.69. The first kappa shape index (κ1) is 19.4. The molecule has 2 aromatic rings. The highest BCUT2D eigenvalue weighted by atomic mass is 16.7. The van der Waals surface area contributed by atoms with Crippen molar-refractivity contribution in [3.8, 4) is 16.9 Å². The van der Waals surface area contributed by atoms with Gasteiger partial charge in [-0.1, -0.05) is 12.1 Å². The van der Waals surface area contributed by atoms with Crippen LogP contribution in [-0.2, 0) is 4.74 Å². The molecule has 0 bridgehead atoms. The third kappa shape index (κ3) is 4.17. The molecule has 27 heavy (non-hydrogen) atoms. The summed E-state index contributed by atoms with van der Waals surface area (Å²) in [4.78, 5) is 10.7. The topological polar surface area (TPSA) is 109 Å². The van der Waals surface area contributed by atoms with E-state index in [9.17, 15) is 20.2 Å². The molecule has 3 N–H and O–H groups in total. The molecule has 1 fully saturated rings. The molecule has 0 amide bonds. The molecule has 0 unspecified atom stereocenters. The SMILES string of the molecule is Cc1cc(-c2ccc(O[C@H]3O[C@H](CO)C[C@H](O)[C@@H]3O)c(C)c2)ccc1N=O. The van der Waals surface area contributed by atoms with Gasteiger partial charge < -0.3 is 24.8 Å². The van der Waals surface area contributed by atoms with E-state index in [0.29, 0.717) is 11.4 Å². The number of aliphatic hydroxyl groups excluding tert-OH is 3. The predicted octanol–water partition coefficient (Wildman–Crippen LogP) is 2.58. The second-order valence-corrected chi connectivity index (χ2v) is 6.79. The van der Waals surface area contributed by atoms with Gasteiger partial charge in [0.15, 0.2) is 0 Å². The van der Waals surface area contributed by atoms with Crippen LogP contribution in [0.1, 0.15) is 17.5 Å². The molecule has 0 aromatic heterocycles. The normalized spacial score (nSPS) is 25.2. The monoisotopic (exact) mass is 373 g/mol. The van der Waals surface area contributed by atoms with E-state index in [1.165, 1.54) is 0 Å². The molecule has 7 nitrogen and oxygen atoms in total. The van der Waals surface area contributed by atoms with Crippen molar-refractivity contribution in [2.45, 2.75) is 44.9 Å². The molecular formula is C20H23NO6. The van der Waals surface area contributed by atoms with Gasteiger partial charge in [0, 0.05) is 6.42 Å². The summed E-state index contributed by atoms with van der Waals surface area (Å²) in [5, 5.41) is 32.2. The summed E-state index contributed by atoms with van der Waals surface area (Å²) in [6, 6.07) is 10.9. The van der Waals surface area contributed by atoms with Gasteiger partial charge in [-0.05, 0) is 65.5 Å². The zero-order valence-corrected chi connectivity index (χ0v) is 15.2. The Kier molecular flexibility index (Phi) is 5.86. The molecule has 1 aliphatic rings. The van der Waals surface area contributed by atoms with Crippen LogP contribution in [0, 0.1) is 18.8 Å². The standard InChI is InChI=1S/C20H23NO6/c1-11-7-13(3-5-16(11)21-25)14-4-6-18(12(2)8-14)27-20-19(24)17(23)9-15(10-22)26-20/h3-8,15,17,19-20,22-24H,9-10H2,1-2H3/t15-,17-,19-,20+/m0/s1. The van der Waals surface area contributed by atoms with Crippen LogP contribution in [-0.4, -0.2) is 46.5 Å². The Labute approximate surface area is 157 Å². The Bertz CT molecular complexity index is 824. The maximum atomic E-state index is 10.7. The van der Waals surface area contributed by atoms with Gasteiger partial charge in [0.1, 0.15) is 17.5 Å². The Morgan fingerprint density at radius 3 is 2.37 bits per heavy atom. The maximum Gasteiger partial charge on any atom is 0.229 e. The highest BCUT2D eigenvalue weighted by Crippen LogP contribution is 2.31. The lowest BCUT2D eigenvalue weighted by atomic mass is 10.0. The summed E-state index contributed by atoms with van der Waals surface area (Å²) in [7, 11) is 0. The maximum absolute atomic E-state index is 10.7. The van der Waals surface area contributed by atoms with Gasteiger partial charge in [0.25, 0.3) is 0 Å². The van der Waals surface area contributed by atoms with Crippen LogP contribution < -0.4 is 4.74 Å². The van der Waals surface area contributed by atoms with E-state index in [1.54, 1.807) is 12.1 Å². The van der Waals surface area contributed by atoms with Crippen molar-refractivity contribution >= 4 is 5.69 Å². The number of hydrogen-bond donors (Lipinski definition) is 3. The second-order valence-electron chi connectivity index (χ2n) is 6.79. The number of ether oxygens (including phenoxy) is 2. The van der Waals surface area contributed by atoms with Crippen LogP contribution in [0.25, 0.3) is 11.1 Å². The third-order valence-electron chi connectivity index (χ3n) is 4.75. The summed E-state index contributed by atoms with van der Waals surface area (Å²) >= 11 is 0. The number of aliphatic hydroxyl groups is 3. The Hall–Kier alpha value is -2.32. The van der Waals surface area contributed by atoms with E-state index in [4.69, 9.17) is 9.47 Å². The largest absolute Gasteiger partial charge is 0.462 e. The first-order chi connectivity index (χ1) is 12.9. The van der Waals surface area contributed by atoms with Crippen LogP contribution in [0.15, 0.2) is 41.6 Å². The van der Waals surface area contributed by atoms with Gasteiger partial charge in [0.2, 0.25) is 6.29 Å². The zero-order chi connectivity index (χ0) is 19.6. The number of hydrogen-bond acceptors (Lipinski definition) is 7. The van der Waals surface area contributed by atoms with Crippen molar-refractivity contribution in [1.82, 2.24) is 0 Å². The van der Waals surface area contributed by atoms with Crippen LogP contribution in [0.5, 0.6) is 5.75 Å². The molecule has 3 rings (SSSR count). The summed E-state index contributed by atoms with van der Waals surface area (Å²) in [5.41, 5.74) is 3.91. The van der Waals surface area contributed by atoms with Crippen LogP contribution >= 0.6 is 0 Å².